The maximum atomic E-state index is 11.5. The molecule has 0 aliphatic heterocycles. The first-order valence-corrected chi connectivity index (χ1v) is 6.39. The van der Waals surface area contributed by atoms with Crippen LogP contribution in [0.15, 0.2) is 29.2 Å². The topological polar surface area (TPSA) is 26.3 Å². The largest absolute Gasteiger partial charge is 0.371 e. The molecule has 0 radical (unpaired) electrons. The first-order chi connectivity index (χ1) is 7.58. The van der Waals surface area contributed by atoms with Gasteiger partial charge in [-0.3, -0.25) is 4.79 Å². The molecular weight excluding hydrogens is 220 g/mol. The van der Waals surface area contributed by atoms with E-state index >= 15 is 0 Å². The normalized spacial score (nSPS) is 10.8. The second-order valence-electron chi connectivity index (χ2n) is 4.00. The first kappa shape index (κ1) is 13.3. The molecular formula is C13H18O2S. The summed E-state index contributed by atoms with van der Waals surface area (Å²) in [5.74, 6) is 0.621. The van der Waals surface area contributed by atoms with Crippen LogP contribution >= 0.6 is 11.8 Å². The van der Waals surface area contributed by atoms with Gasteiger partial charge in [-0.05, 0) is 32.9 Å². The van der Waals surface area contributed by atoms with E-state index in [1.807, 2.05) is 39.0 Å². The minimum Gasteiger partial charge on any atom is -0.371 e. The minimum atomic E-state index is 0.118. The van der Waals surface area contributed by atoms with Crippen LogP contribution in [0.25, 0.3) is 0 Å². The second-order valence-corrected chi connectivity index (χ2v) is 5.05. The van der Waals surface area contributed by atoms with Gasteiger partial charge in [0.25, 0.3) is 0 Å². The molecule has 0 heterocycles. The number of Topliss-reactive ketones (excluding diaryl/α,β-unsaturated/α-hetero) is 1. The molecule has 0 N–H and O–H groups in total. The summed E-state index contributed by atoms with van der Waals surface area (Å²) in [5.41, 5.74) is 1.22. The molecule has 0 amide bonds. The molecule has 16 heavy (non-hydrogen) atoms. The zero-order valence-corrected chi connectivity index (χ0v) is 10.8. The van der Waals surface area contributed by atoms with Crippen LogP contribution in [0.4, 0.5) is 0 Å². The lowest BCUT2D eigenvalue weighted by Gasteiger charge is -2.06. The van der Waals surface area contributed by atoms with Crippen molar-refractivity contribution in [1.82, 2.24) is 0 Å². The average molecular weight is 238 g/mol. The van der Waals surface area contributed by atoms with E-state index in [2.05, 4.69) is 6.07 Å². The summed E-state index contributed by atoms with van der Waals surface area (Å²) in [6.07, 6.45) is 0.118. The number of rotatable bonds is 6. The van der Waals surface area contributed by atoms with Crippen molar-refractivity contribution in [3.63, 3.8) is 0 Å². The molecule has 0 saturated carbocycles. The summed E-state index contributed by atoms with van der Waals surface area (Å²) in [6.45, 7) is 6.13. The van der Waals surface area contributed by atoms with Crippen molar-refractivity contribution in [3.8, 4) is 0 Å². The fraction of sp³-hybridized carbons (Fsp3) is 0.462. The summed E-state index contributed by atoms with van der Waals surface area (Å²) in [7, 11) is 0. The molecule has 0 aliphatic carbocycles. The van der Waals surface area contributed by atoms with Crippen molar-refractivity contribution in [2.45, 2.75) is 31.8 Å². The van der Waals surface area contributed by atoms with E-state index in [0.717, 1.165) is 4.90 Å². The third kappa shape index (κ3) is 5.33. The van der Waals surface area contributed by atoms with Gasteiger partial charge in [0.1, 0.15) is 6.61 Å². The third-order valence-corrected chi connectivity index (χ3v) is 3.02. The van der Waals surface area contributed by atoms with Crippen LogP contribution in [0.3, 0.4) is 0 Å². The Bertz CT molecular complexity index is 348. The highest BCUT2D eigenvalue weighted by atomic mass is 32.2. The van der Waals surface area contributed by atoms with E-state index < -0.39 is 0 Å². The molecule has 1 rings (SSSR count). The van der Waals surface area contributed by atoms with Crippen molar-refractivity contribution in [2.75, 3.05) is 12.4 Å². The Morgan fingerprint density at radius 2 is 2.19 bits per heavy atom. The Kier molecular flexibility index (Phi) is 5.56. The van der Waals surface area contributed by atoms with Crippen molar-refractivity contribution in [2.24, 2.45) is 0 Å². The van der Waals surface area contributed by atoms with E-state index in [-0.39, 0.29) is 18.5 Å². The number of ketones is 1. The van der Waals surface area contributed by atoms with Crippen LogP contribution < -0.4 is 0 Å². The highest BCUT2D eigenvalue weighted by Gasteiger charge is 2.04. The Morgan fingerprint density at radius 1 is 1.44 bits per heavy atom. The molecule has 1 aromatic carbocycles. The van der Waals surface area contributed by atoms with Crippen molar-refractivity contribution >= 4 is 17.5 Å². The van der Waals surface area contributed by atoms with E-state index in [1.54, 1.807) is 11.8 Å². The lowest BCUT2D eigenvalue weighted by molar-refractivity contribution is -0.122. The Morgan fingerprint density at radius 3 is 2.81 bits per heavy atom. The highest BCUT2D eigenvalue weighted by Crippen LogP contribution is 2.18. The summed E-state index contributed by atoms with van der Waals surface area (Å²) >= 11 is 1.56. The van der Waals surface area contributed by atoms with Gasteiger partial charge >= 0.3 is 0 Å². The first-order valence-electron chi connectivity index (χ1n) is 5.40. The van der Waals surface area contributed by atoms with E-state index in [4.69, 9.17) is 4.74 Å². The number of benzene rings is 1. The zero-order valence-electron chi connectivity index (χ0n) is 10.0. The molecule has 0 saturated heterocycles. The lowest BCUT2D eigenvalue weighted by atomic mass is 10.2. The molecule has 2 nitrogen and oxygen atoms in total. The van der Waals surface area contributed by atoms with Crippen LogP contribution in [0.2, 0.25) is 0 Å². The van der Waals surface area contributed by atoms with Crippen LogP contribution in [0, 0.1) is 6.92 Å². The highest BCUT2D eigenvalue weighted by molar-refractivity contribution is 8.00. The predicted octanol–water partition coefficient (Wildman–Crippen LogP) is 3.08. The predicted molar refractivity (Wildman–Crippen MR) is 68.0 cm³/mol. The number of hydrogen-bond acceptors (Lipinski definition) is 3. The molecule has 0 bridgehead atoms. The monoisotopic (exact) mass is 238 g/mol. The zero-order chi connectivity index (χ0) is 12.0. The van der Waals surface area contributed by atoms with Gasteiger partial charge in [0.05, 0.1) is 11.9 Å². The van der Waals surface area contributed by atoms with Crippen LogP contribution in [-0.2, 0) is 9.53 Å². The maximum absolute atomic E-state index is 11.5. The number of carbonyl (C=O) groups excluding carboxylic acids is 1. The van der Waals surface area contributed by atoms with Crippen LogP contribution in [0.1, 0.15) is 19.4 Å². The summed E-state index contributed by atoms with van der Waals surface area (Å²) in [4.78, 5) is 12.6. The molecule has 0 aromatic heterocycles. The Labute approximate surface area is 101 Å². The number of thioether (sulfide) groups is 1. The number of carbonyl (C=O) groups is 1. The smallest absolute Gasteiger partial charge is 0.168 e. The number of aryl methyl sites for hydroxylation is 1. The van der Waals surface area contributed by atoms with E-state index in [9.17, 15) is 4.79 Å². The molecule has 0 spiro atoms. The van der Waals surface area contributed by atoms with Crippen LogP contribution in [0.5, 0.6) is 0 Å². The quantitative estimate of drug-likeness (QED) is 0.712. The molecule has 0 aliphatic rings. The Balaban J connectivity index is 2.31. The molecule has 0 unspecified atom stereocenters. The SMILES string of the molecule is Cc1cccc(SCC(=O)COC(C)C)c1. The molecule has 0 atom stereocenters. The van der Waals surface area contributed by atoms with Gasteiger partial charge in [0.15, 0.2) is 5.78 Å². The van der Waals surface area contributed by atoms with Gasteiger partial charge in [-0.15, -0.1) is 11.8 Å². The average Bonchev–Trinajstić information content (AvgIpc) is 2.23. The van der Waals surface area contributed by atoms with Gasteiger partial charge in [0, 0.05) is 4.90 Å². The van der Waals surface area contributed by atoms with Gasteiger partial charge in [-0.1, -0.05) is 17.7 Å². The molecule has 1 aromatic rings. The maximum Gasteiger partial charge on any atom is 0.168 e. The van der Waals surface area contributed by atoms with Crippen LogP contribution in [-0.4, -0.2) is 24.2 Å². The fourth-order valence-corrected chi connectivity index (χ4v) is 2.03. The van der Waals surface area contributed by atoms with Gasteiger partial charge in [0.2, 0.25) is 0 Å². The molecule has 0 fully saturated rings. The van der Waals surface area contributed by atoms with E-state index in [0.29, 0.717) is 5.75 Å². The molecule has 88 valence electrons. The van der Waals surface area contributed by atoms with Gasteiger partial charge in [-0.2, -0.15) is 0 Å². The second kappa shape index (κ2) is 6.71. The summed E-state index contributed by atoms with van der Waals surface area (Å²) in [6, 6.07) is 8.16. The summed E-state index contributed by atoms with van der Waals surface area (Å²) in [5, 5.41) is 0. The van der Waals surface area contributed by atoms with E-state index in [1.165, 1.54) is 5.56 Å². The number of ether oxygens (including phenoxy) is 1. The number of hydrogen-bond donors (Lipinski definition) is 0. The van der Waals surface area contributed by atoms with Crippen molar-refractivity contribution in [3.05, 3.63) is 29.8 Å². The van der Waals surface area contributed by atoms with Crippen molar-refractivity contribution < 1.29 is 9.53 Å². The van der Waals surface area contributed by atoms with Gasteiger partial charge < -0.3 is 4.74 Å². The standard InChI is InChI=1S/C13H18O2S/c1-10(2)15-8-12(14)9-16-13-6-4-5-11(3)7-13/h4-7,10H,8-9H2,1-3H3. The lowest BCUT2D eigenvalue weighted by Crippen LogP contribution is -2.14. The minimum absolute atomic E-state index is 0.118. The molecule has 3 heteroatoms. The van der Waals surface area contributed by atoms with Gasteiger partial charge in [-0.25, -0.2) is 0 Å². The third-order valence-electron chi connectivity index (χ3n) is 1.97. The Hall–Kier alpha value is -0.800. The summed E-state index contributed by atoms with van der Waals surface area (Å²) < 4.78 is 5.25. The van der Waals surface area contributed by atoms with Crippen molar-refractivity contribution in [1.29, 1.82) is 0 Å². The fourth-order valence-electron chi connectivity index (χ4n) is 1.17.